The highest BCUT2D eigenvalue weighted by Crippen LogP contribution is 2.13. The fourth-order valence-corrected chi connectivity index (χ4v) is 3.96. The Bertz CT molecular complexity index is 758. The summed E-state index contributed by atoms with van der Waals surface area (Å²) < 4.78 is 51.2. The van der Waals surface area contributed by atoms with Crippen molar-refractivity contribution >= 4 is 31.6 Å². The lowest BCUT2D eigenvalue weighted by atomic mass is 10.3. The van der Waals surface area contributed by atoms with Crippen molar-refractivity contribution in [3.63, 3.8) is 0 Å². The Morgan fingerprint density at radius 2 is 1.67 bits per heavy atom. The molecule has 0 aliphatic rings. The van der Waals surface area contributed by atoms with Gasteiger partial charge >= 0.3 is 0 Å². The summed E-state index contributed by atoms with van der Waals surface area (Å²) in [5, 5.41) is 2.54. The maximum Gasteiger partial charge on any atom is 0.240 e. The molecule has 8 nitrogen and oxygen atoms in total. The zero-order valence-corrected chi connectivity index (χ0v) is 15.6. The van der Waals surface area contributed by atoms with Crippen LogP contribution >= 0.6 is 0 Å². The number of rotatable bonds is 9. The first-order valence-electron chi connectivity index (χ1n) is 7.38. The average Bonchev–Trinajstić information content (AvgIpc) is 2.45. The van der Waals surface area contributed by atoms with Crippen LogP contribution in [0.25, 0.3) is 0 Å². The Hall–Kier alpha value is -1.49. The van der Waals surface area contributed by atoms with Crippen LogP contribution in [0.5, 0.6) is 0 Å². The number of amides is 1. The van der Waals surface area contributed by atoms with E-state index in [4.69, 9.17) is 0 Å². The van der Waals surface area contributed by atoms with Crippen LogP contribution in [0.3, 0.4) is 0 Å². The van der Waals surface area contributed by atoms with Gasteiger partial charge in [0.2, 0.25) is 26.0 Å². The summed E-state index contributed by atoms with van der Waals surface area (Å²) in [5.74, 6) is -0.250. The molecule has 1 aromatic rings. The molecule has 2 N–H and O–H groups in total. The number of carbonyl (C=O) groups is 1. The quantitative estimate of drug-likeness (QED) is 0.654. The van der Waals surface area contributed by atoms with Gasteiger partial charge in [0.1, 0.15) is 0 Å². The van der Waals surface area contributed by atoms with Crippen molar-refractivity contribution in [2.24, 2.45) is 0 Å². The van der Waals surface area contributed by atoms with Gasteiger partial charge in [-0.2, -0.15) is 0 Å². The second-order valence-corrected chi connectivity index (χ2v) is 9.01. The minimum absolute atomic E-state index is 0.0249. The summed E-state index contributed by atoms with van der Waals surface area (Å²) in [4.78, 5) is 11.0. The van der Waals surface area contributed by atoms with E-state index in [2.05, 4.69) is 10.0 Å². The summed E-state index contributed by atoms with van der Waals surface area (Å²) >= 11 is 0. The molecule has 0 radical (unpaired) electrons. The average molecular weight is 377 g/mol. The molecule has 0 unspecified atom stereocenters. The van der Waals surface area contributed by atoms with E-state index in [0.717, 1.165) is 6.26 Å². The molecule has 0 aliphatic heterocycles. The Morgan fingerprint density at radius 3 is 2.12 bits per heavy atom. The first-order valence-corrected chi connectivity index (χ1v) is 10.7. The van der Waals surface area contributed by atoms with Crippen LogP contribution < -0.4 is 10.0 Å². The molecule has 24 heavy (non-hydrogen) atoms. The number of nitrogens with one attached hydrogen (secondary N) is 2. The van der Waals surface area contributed by atoms with Gasteiger partial charge < -0.3 is 5.32 Å². The van der Waals surface area contributed by atoms with Gasteiger partial charge in [0, 0.05) is 32.2 Å². The van der Waals surface area contributed by atoms with Crippen LogP contribution in [-0.4, -0.2) is 52.9 Å². The lowest BCUT2D eigenvalue weighted by molar-refractivity contribution is -0.114. The molecule has 0 aromatic heterocycles. The zero-order chi connectivity index (χ0) is 18.4. The van der Waals surface area contributed by atoms with Gasteiger partial charge in [-0.05, 0) is 30.7 Å². The summed E-state index contributed by atoms with van der Waals surface area (Å²) in [6.07, 6.45) is 1.74. The largest absolute Gasteiger partial charge is 0.326 e. The standard InChI is InChI=1S/C14H23N3O5S2/c1-4-10-17(23(3,19)20)11-9-15-24(21,22)14-7-5-13(6-8-14)16-12(2)18/h5-8,15H,4,9-11H2,1-3H3,(H,16,18). The molecule has 1 amide bonds. The van der Waals surface area contributed by atoms with E-state index in [1.807, 2.05) is 6.92 Å². The van der Waals surface area contributed by atoms with E-state index < -0.39 is 20.0 Å². The fraction of sp³-hybridized carbons (Fsp3) is 0.500. The van der Waals surface area contributed by atoms with Crippen LogP contribution in [0, 0.1) is 0 Å². The number of benzene rings is 1. The summed E-state index contributed by atoms with van der Waals surface area (Å²) in [6.45, 7) is 3.58. The van der Waals surface area contributed by atoms with Crippen molar-refractivity contribution < 1.29 is 21.6 Å². The highest BCUT2D eigenvalue weighted by Gasteiger charge is 2.18. The maximum absolute atomic E-state index is 12.2. The number of anilines is 1. The second kappa shape index (κ2) is 8.56. The van der Waals surface area contributed by atoms with Crippen LogP contribution in [0.2, 0.25) is 0 Å². The maximum atomic E-state index is 12.2. The Labute approximate surface area is 143 Å². The molecular formula is C14H23N3O5S2. The van der Waals surface area contributed by atoms with E-state index in [-0.39, 0.29) is 23.9 Å². The number of hydrogen-bond acceptors (Lipinski definition) is 5. The van der Waals surface area contributed by atoms with Crippen molar-refractivity contribution in [1.82, 2.24) is 9.03 Å². The molecule has 0 aliphatic carbocycles. The summed E-state index contributed by atoms with van der Waals surface area (Å²) in [5.41, 5.74) is 0.493. The second-order valence-electron chi connectivity index (χ2n) is 5.27. The Morgan fingerprint density at radius 1 is 1.08 bits per heavy atom. The lowest BCUT2D eigenvalue weighted by Crippen LogP contribution is -2.38. The molecule has 136 valence electrons. The predicted octanol–water partition coefficient (Wildman–Crippen LogP) is 0.595. The minimum atomic E-state index is -3.75. The molecule has 1 aromatic carbocycles. The smallest absolute Gasteiger partial charge is 0.240 e. The van der Waals surface area contributed by atoms with Crippen LogP contribution in [-0.2, 0) is 24.8 Å². The van der Waals surface area contributed by atoms with E-state index in [9.17, 15) is 21.6 Å². The monoisotopic (exact) mass is 377 g/mol. The first kappa shape index (κ1) is 20.6. The summed E-state index contributed by atoms with van der Waals surface area (Å²) in [6, 6.07) is 5.70. The number of hydrogen-bond donors (Lipinski definition) is 2. The topological polar surface area (TPSA) is 113 Å². The Kier molecular flexibility index (Phi) is 7.33. The highest BCUT2D eigenvalue weighted by molar-refractivity contribution is 7.89. The molecule has 0 bridgehead atoms. The van der Waals surface area contributed by atoms with Crippen LogP contribution in [0.1, 0.15) is 20.3 Å². The normalized spacial score (nSPS) is 12.3. The molecule has 0 atom stereocenters. The molecule has 10 heteroatoms. The number of carbonyl (C=O) groups excluding carboxylic acids is 1. The van der Waals surface area contributed by atoms with Crippen LogP contribution in [0.4, 0.5) is 5.69 Å². The SMILES string of the molecule is CCCN(CCNS(=O)(=O)c1ccc(NC(C)=O)cc1)S(C)(=O)=O. The minimum Gasteiger partial charge on any atom is -0.326 e. The number of nitrogens with zero attached hydrogens (tertiary/aromatic N) is 1. The van der Waals surface area contributed by atoms with Crippen molar-refractivity contribution in [2.45, 2.75) is 25.2 Å². The third-order valence-electron chi connectivity index (χ3n) is 3.08. The van der Waals surface area contributed by atoms with Crippen molar-refractivity contribution in [1.29, 1.82) is 0 Å². The van der Waals surface area contributed by atoms with Gasteiger partial charge in [0.05, 0.1) is 11.2 Å². The van der Waals surface area contributed by atoms with Gasteiger partial charge in [-0.15, -0.1) is 0 Å². The van der Waals surface area contributed by atoms with Gasteiger partial charge in [0.25, 0.3) is 0 Å². The lowest BCUT2D eigenvalue weighted by Gasteiger charge is -2.19. The van der Waals surface area contributed by atoms with Crippen molar-refractivity contribution in [2.75, 3.05) is 31.2 Å². The first-order chi connectivity index (χ1) is 11.1. The summed E-state index contributed by atoms with van der Waals surface area (Å²) in [7, 11) is -7.11. The van der Waals surface area contributed by atoms with E-state index >= 15 is 0 Å². The Balaban J connectivity index is 2.71. The number of sulfonamides is 2. The van der Waals surface area contributed by atoms with Gasteiger partial charge in [-0.25, -0.2) is 25.9 Å². The van der Waals surface area contributed by atoms with Crippen molar-refractivity contribution in [3.8, 4) is 0 Å². The molecule has 1 rings (SSSR count). The zero-order valence-electron chi connectivity index (χ0n) is 13.9. The molecule has 0 fully saturated rings. The fourth-order valence-electron chi connectivity index (χ4n) is 2.00. The van der Waals surface area contributed by atoms with E-state index in [1.165, 1.54) is 35.5 Å². The predicted molar refractivity (Wildman–Crippen MR) is 92.6 cm³/mol. The van der Waals surface area contributed by atoms with E-state index in [1.54, 1.807) is 0 Å². The van der Waals surface area contributed by atoms with Gasteiger partial charge in [0.15, 0.2) is 0 Å². The van der Waals surface area contributed by atoms with Crippen molar-refractivity contribution in [3.05, 3.63) is 24.3 Å². The van der Waals surface area contributed by atoms with Crippen LogP contribution in [0.15, 0.2) is 29.2 Å². The molecule has 0 spiro atoms. The molecule has 0 saturated heterocycles. The molecule has 0 heterocycles. The van der Waals surface area contributed by atoms with Gasteiger partial charge in [-0.1, -0.05) is 6.92 Å². The molecule has 0 saturated carbocycles. The van der Waals surface area contributed by atoms with E-state index in [0.29, 0.717) is 18.7 Å². The highest BCUT2D eigenvalue weighted by atomic mass is 32.2. The third-order valence-corrected chi connectivity index (χ3v) is 5.86. The molecular weight excluding hydrogens is 354 g/mol. The van der Waals surface area contributed by atoms with Gasteiger partial charge in [-0.3, -0.25) is 4.79 Å². The third kappa shape index (κ3) is 6.56.